The van der Waals surface area contributed by atoms with Gasteiger partial charge in [0.1, 0.15) is 0 Å². The Hall–Kier alpha value is -0.0400. The lowest BCUT2D eigenvalue weighted by Crippen LogP contribution is -2.37. The Morgan fingerprint density at radius 1 is 1.14 bits per heavy atom. The van der Waals surface area contributed by atoms with Gasteiger partial charge in [-0.1, -0.05) is 0 Å². The fraction of sp³-hybridized carbons (Fsp3) is 1.00. The number of likely N-dealkylation sites (tertiary alicyclic amines) is 1. The number of hydrogen-bond donors (Lipinski definition) is 0. The van der Waals surface area contributed by atoms with Crippen molar-refractivity contribution in [3.63, 3.8) is 0 Å². The maximum absolute atomic E-state index is 2.75. The van der Waals surface area contributed by atoms with Crippen LogP contribution >= 0.6 is 0 Å². The van der Waals surface area contributed by atoms with Gasteiger partial charge < -0.3 is 0 Å². The molecule has 1 nitrogen and oxygen atoms in total. The van der Waals surface area contributed by atoms with Gasteiger partial charge in [-0.05, 0) is 63.7 Å². The fourth-order valence-corrected chi connectivity index (χ4v) is 4.79. The first-order valence-electron chi connectivity index (χ1n) is 6.44. The molecule has 0 aromatic rings. The lowest BCUT2D eigenvalue weighted by Gasteiger charge is -2.30. The maximum Gasteiger partial charge on any atom is 0.0104 e. The number of hydrogen-bond acceptors (Lipinski definition) is 1. The maximum atomic E-state index is 2.75. The lowest BCUT2D eigenvalue weighted by atomic mass is 9.79. The molecule has 0 aromatic carbocycles. The highest BCUT2D eigenvalue weighted by atomic mass is 15.2. The van der Waals surface area contributed by atoms with Crippen LogP contribution in [0, 0.1) is 23.7 Å². The summed E-state index contributed by atoms with van der Waals surface area (Å²) in [6, 6.07) is 1.63. The molecule has 5 unspecified atom stereocenters. The Balaban J connectivity index is 1.83. The summed E-state index contributed by atoms with van der Waals surface area (Å²) in [5.41, 5.74) is 0. The molecule has 0 amide bonds. The molecule has 80 valence electrons. The molecule has 2 aliphatic carbocycles. The molecule has 1 saturated heterocycles. The number of rotatable bonds is 1. The van der Waals surface area contributed by atoms with E-state index in [4.69, 9.17) is 0 Å². The molecular formula is C13H23N. The van der Waals surface area contributed by atoms with E-state index in [1.54, 1.807) is 19.3 Å². The predicted molar refractivity (Wildman–Crippen MR) is 59.1 cm³/mol. The largest absolute Gasteiger partial charge is 0.298 e. The second kappa shape index (κ2) is 2.98. The van der Waals surface area contributed by atoms with E-state index in [-0.39, 0.29) is 0 Å². The van der Waals surface area contributed by atoms with Crippen molar-refractivity contribution in [2.24, 2.45) is 23.7 Å². The lowest BCUT2D eigenvalue weighted by molar-refractivity contribution is 0.174. The van der Waals surface area contributed by atoms with Crippen LogP contribution in [0.3, 0.4) is 0 Å². The number of nitrogens with zero attached hydrogens (tertiary/aromatic N) is 1. The van der Waals surface area contributed by atoms with Crippen molar-refractivity contribution in [1.29, 1.82) is 0 Å². The van der Waals surface area contributed by atoms with E-state index in [0.717, 1.165) is 35.8 Å². The monoisotopic (exact) mass is 193 g/mol. The smallest absolute Gasteiger partial charge is 0.0104 e. The Bertz CT molecular complexity index is 235. The summed E-state index contributed by atoms with van der Waals surface area (Å²) in [5.74, 6) is 4.35. The molecule has 2 saturated carbocycles. The quantitative estimate of drug-likeness (QED) is 0.619. The van der Waals surface area contributed by atoms with Crippen molar-refractivity contribution < 1.29 is 0 Å². The third-order valence-corrected chi connectivity index (χ3v) is 5.32. The van der Waals surface area contributed by atoms with Gasteiger partial charge in [-0.3, -0.25) is 4.90 Å². The summed E-state index contributed by atoms with van der Waals surface area (Å²) in [5, 5.41) is 0. The Morgan fingerprint density at radius 2 is 1.86 bits per heavy atom. The van der Waals surface area contributed by atoms with Crippen molar-refractivity contribution in [2.45, 2.75) is 52.1 Å². The third-order valence-electron chi connectivity index (χ3n) is 5.32. The van der Waals surface area contributed by atoms with Gasteiger partial charge in [-0.25, -0.2) is 0 Å². The highest BCUT2D eigenvalue weighted by Crippen LogP contribution is 2.57. The molecule has 14 heavy (non-hydrogen) atoms. The predicted octanol–water partition coefficient (Wildman–Crippen LogP) is 2.76. The molecule has 2 bridgehead atoms. The van der Waals surface area contributed by atoms with Gasteiger partial charge in [0, 0.05) is 18.6 Å². The van der Waals surface area contributed by atoms with Gasteiger partial charge in [-0.2, -0.15) is 0 Å². The molecule has 1 heterocycles. The van der Waals surface area contributed by atoms with Crippen molar-refractivity contribution in [1.82, 2.24) is 4.90 Å². The van der Waals surface area contributed by atoms with Crippen LogP contribution in [-0.2, 0) is 0 Å². The van der Waals surface area contributed by atoms with Crippen LogP contribution in [0.2, 0.25) is 0 Å². The first kappa shape index (κ1) is 9.21. The standard InChI is InChI=1S/C13H23N/c1-8(2)14-7-12-10-4-5-11(6-10)13(12)9(14)3/h8-13H,4-7H2,1-3H3. The van der Waals surface area contributed by atoms with Crippen LogP contribution in [0.1, 0.15) is 40.0 Å². The Labute approximate surface area is 87.9 Å². The zero-order valence-electron chi connectivity index (χ0n) is 9.74. The van der Waals surface area contributed by atoms with Crippen LogP contribution in [0.15, 0.2) is 0 Å². The molecule has 1 aliphatic heterocycles. The zero-order valence-corrected chi connectivity index (χ0v) is 9.74. The molecule has 0 aromatic heterocycles. The summed E-state index contributed by atoms with van der Waals surface area (Å²) in [4.78, 5) is 2.75. The van der Waals surface area contributed by atoms with Crippen LogP contribution in [0.25, 0.3) is 0 Å². The minimum absolute atomic E-state index is 0.759. The molecule has 5 atom stereocenters. The average molecular weight is 193 g/mol. The van der Waals surface area contributed by atoms with Crippen molar-refractivity contribution >= 4 is 0 Å². The molecule has 0 spiro atoms. The molecular weight excluding hydrogens is 170 g/mol. The molecule has 3 rings (SSSR count). The van der Waals surface area contributed by atoms with Crippen molar-refractivity contribution in [2.75, 3.05) is 6.54 Å². The van der Waals surface area contributed by atoms with Gasteiger partial charge in [0.25, 0.3) is 0 Å². The highest BCUT2D eigenvalue weighted by molar-refractivity contribution is 5.05. The molecule has 0 N–H and O–H groups in total. The minimum Gasteiger partial charge on any atom is -0.298 e. The number of fused-ring (bicyclic) bond motifs is 5. The average Bonchev–Trinajstić information content (AvgIpc) is 2.75. The Morgan fingerprint density at radius 3 is 2.50 bits per heavy atom. The first-order valence-corrected chi connectivity index (χ1v) is 6.44. The van der Waals surface area contributed by atoms with Crippen LogP contribution in [-0.4, -0.2) is 23.5 Å². The van der Waals surface area contributed by atoms with E-state index in [1.165, 1.54) is 6.54 Å². The zero-order chi connectivity index (χ0) is 9.87. The van der Waals surface area contributed by atoms with Crippen LogP contribution in [0.5, 0.6) is 0 Å². The Kier molecular flexibility index (Phi) is 1.96. The van der Waals surface area contributed by atoms with E-state index >= 15 is 0 Å². The van der Waals surface area contributed by atoms with E-state index < -0.39 is 0 Å². The first-order chi connectivity index (χ1) is 6.68. The minimum atomic E-state index is 0.759. The normalized spacial score (nSPS) is 51.9. The summed E-state index contributed by atoms with van der Waals surface area (Å²) in [6.45, 7) is 8.61. The second-order valence-corrected chi connectivity index (χ2v) is 6.11. The van der Waals surface area contributed by atoms with E-state index in [2.05, 4.69) is 25.7 Å². The van der Waals surface area contributed by atoms with Gasteiger partial charge in [-0.15, -0.1) is 0 Å². The van der Waals surface area contributed by atoms with Gasteiger partial charge in [0.15, 0.2) is 0 Å². The summed E-state index contributed by atoms with van der Waals surface area (Å²) in [6.07, 6.45) is 4.66. The summed E-state index contributed by atoms with van der Waals surface area (Å²) >= 11 is 0. The van der Waals surface area contributed by atoms with Gasteiger partial charge in [0.2, 0.25) is 0 Å². The highest BCUT2D eigenvalue weighted by Gasteiger charge is 2.54. The molecule has 3 fully saturated rings. The molecule has 0 radical (unpaired) electrons. The van der Waals surface area contributed by atoms with Crippen molar-refractivity contribution in [3.05, 3.63) is 0 Å². The molecule has 1 heteroatoms. The SMILES string of the molecule is CC(C)N1CC2C3CCC(C3)C2C1C. The van der Waals surface area contributed by atoms with Crippen molar-refractivity contribution in [3.8, 4) is 0 Å². The second-order valence-electron chi connectivity index (χ2n) is 6.11. The topological polar surface area (TPSA) is 3.24 Å². The van der Waals surface area contributed by atoms with E-state index in [1.807, 2.05) is 0 Å². The van der Waals surface area contributed by atoms with Crippen LogP contribution < -0.4 is 0 Å². The van der Waals surface area contributed by atoms with Gasteiger partial charge >= 0.3 is 0 Å². The summed E-state index contributed by atoms with van der Waals surface area (Å²) < 4.78 is 0. The fourth-order valence-electron chi connectivity index (χ4n) is 4.79. The van der Waals surface area contributed by atoms with Gasteiger partial charge in [0.05, 0.1) is 0 Å². The molecule has 3 aliphatic rings. The summed E-state index contributed by atoms with van der Waals surface area (Å²) in [7, 11) is 0. The third kappa shape index (κ3) is 1.05. The van der Waals surface area contributed by atoms with E-state index in [9.17, 15) is 0 Å². The van der Waals surface area contributed by atoms with Crippen LogP contribution in [0.4, 0.5) is 0 Å². The van der Waals surface area contributed by atoms with E-state index in [0.29, 0.717) is 0 Å².